The summed E-state index contributed by atoms with van der Waals surface area (Å²) in [5.41, 5.74) is 0.223. The van der Waals surface area contributed by atoms with Gasteiger partial charge >= 0.3 is 6.18 Å². The van der Waals surface area contributed by atoms with Crippen LogP contribution in [-0.2, 0) is 0 Å². The van der Waals surface area contributed by atoms with E-state index in [1.165, 1.54) is 6.07 Å². The Kier molecular flexibility index (Phi) is 4.20. The maximum Gasteiger partial charge on any atom is 0.405 e. The van der Waals surface area contributed by atoms with Crippen LogP contribution in [0.2, 0.25) is 0 Å². The predicted octanol–water partition coefficient (Wildman–Crippen LogP) is 2.86. The lowest BCUT2D eigenvalue weighted by atomic mass is 10.0. The summed E-state index contributed by atoms with van der Waals surface area (Å²) in [5.74, 6) is -1.88. The van der Waals surface area contributed by atoms with Crippen LogP contribution in [0.3, 0.4) is 0 Å². The van der Waals surface area contributed by atoms with Crippen LogP contribution in [0, 0.1) is 22.7 Å². The lowest BCUT2D eigenvalue weighted by molar-refractivity contribution is -0.157. The highest BCUT2D eigenvalue weighted by molar-refractivity contribution is 4.96. The number of halogens is 3. The fourth-order valence-corrected chi connectivity index (χ4v) is 1.94. The topological polar surface area (TPSA) is 35.8 Å². The molecule has 1 saturated carbocycles. The zero-order chi connectivity index (χ0) is 12.2. The standard InChI is InChI=1S/C11H17F3N2/c1-2-3-10(4-5-10)8-16-7-9(6-15)11(12,13)14/h9,16H,2-5,7-8H2,1H3. The van der Waals surface area contributed by atoms with Crippen LogP contribution >= 0.6 is 0 Å². The molecule has 5 heteroatoms. The van der Waals surface area contributed by atoms with Gasteiger partial charge in [-0.05, 0) is 24.7 Å². The van der Waals surface area contributed by atoms with E-state index >= 15 is 0 Å². The molecule has 1 atom stereocenters. The van der Waals surface area contributed by atoms with E-state index in [9.17, 15) is 13.2 Å². The Morgan fingerprint density at radius 1 is 1.44 bits per heavy atom. The Morgan fingerprint density at radius 2 is 2.06 bits per heavy atom. The molecule has 92 valence electrons. The van der Waals surface area contributed by atoms with Gasteiger partial charge in [-0.2, -0.15) is 18.4 Å². The molecule has 0 amide bonds. The molecule has 0 spiro atoms. The van der Waals surface area contributed by atoms with Gasteiger partial charge in [-0.15, -0.1) is 0 Å². The first-order valence-corrected chi connectivity index (χ1v) is 5.60. The molecule has 1 fully saturated rings. The van der Waals surface area contributed by atoms with Gasteiger partial charge in [0.2, 0.25) is 0 Å². The second kappa shape index (κ2) is 5.05. The summed E-state index contributed by atoms with van der Waals surface area (Å²) in [5, 5.41) is 11.2. The third kappa shape index (κ3) is 3.67. The molecule has 0 aromatic heterocycles. The molecule has 1 N–H and O–H groups in total. The Morgan fingerprint density at radius 3 is 2.44 bits per heavy atom. The molecule has 0 heterocycles. The number of hydrogen-bond donors (Lipinski definition) is 1. The molecule has 0 aromatic rings. The molecule has 0 bridgehead atoms. The normalized spacial score (nSPS) is 20.2. The lowest BCUT2D eigenvalue weighted by Crippen LogP contribution is -2.35. The minimum absolute atomic E-state index is 0.223. The van der Waals surface area contributed by atoms with Crippen molar-refractivity contribution in [3.63, 3.8) is 0 Å². The van der Waals surface area contributed by atoms with Crippen molar-refractivity contribution in [2.24, 2.45) is 11.3 Å². The van der Waals surface area contributed by atoms with Crippen LogP contribution in [-0.4, -0.2) is 19.3 Å². The minimum atomic E-state index is -4.41. The molecule has 1 rings (SSSR count). The molecule has 1 aliphatic carbocycles. The Hall–Kier alpha value is -0.760. The van der Waals surface area contributed by atoms with Gasteiger partial charge in [0.05, 0.1) is 6.07 Å². The number of nitrogens with zero attached hydrogens (tertiary/aromatic N) is 1. The van der Waals surface area contributed by atoms with E-state index in [0.29, 0.717) is 6.54 Å². The van der Waals surface area contributed by atoms with Crippen LogP contribution in [0.1, 0.15) is 32.6 Å². The summed E-state index contributed by atoms with van der Waals surface area (Å²) in [6.45, 7) is 2.40. The predicted molar refractivity (Wildman–Crippen MR) is 54.6 cm³/mol. The molecular weight excluding hydrogens is 217 g/mol. The van der Waals surface area contributed by atoms with Gasteiger partial charge < -0.3 is 5.32 Å². The summed E-state index contributed by atoms with van der Waals surface area (Å²) in [6, 6.07) is 1.29. The van der Waals surface area contributed by atoms with Crippen molar-refractivity contribution in [2.45, 2.75) is 38.8 Å². The first-order chi connectivity index (χ1) is 7.43. The van der Waals surface area contributed by atoms with Crippen molar-refractivity contribution in [2.75, 3.05) is 13.1 Å². The van der Waals surface area contributed by atoms with Gasteiger partial charge in [0, 0.05) is 13.1 Å². The van der Waals surface area contributed by atoms with Crippen LogP contribution < -0.4 is 5.32 Å². The molecule has 1 aliphatic rings. The molecule has 0 saturated heterocycles. The average Bonchev–Trinajstić information content (AvgIpc) is 2.92. The molecule has 16 heavy (non-hydrogen) atoms. The van der Waals surface area contributed by atoms with E-state index < -0.39 is 12.1 Å². The number of nitriles is 1. The lowest BCUT2D eigenvalue weighted by Gasteiger charge is -2.18. The van der Waals surface area contributed by atoms with E-state index in [4.69, 9.17) is 5.26 Å². The molecule has 1 unspecified atom stereocenters. The fraction of sp³-hybridized carbons (Fsp3) is 0.909. The SMILES string of the molecule is CCCC1(CNCC(C#N)C(F)(F)F)CC1. The molecule has 0 aliphatic heterocycles. The van der Waals surface area contributed by atoms with Crippen molar-refractivity contribution in [3.8, 4) is 6.07 Å². The number of alkyl halides is 3. The summed E-state index contributed by atoms with van der Waals surface area (Å²) >= 11 is 0. The van der Waals surface area contributed by atoms with Gasteiger partial charge in [0.15, 0.2) is 5.92 Å². The maximum atomic E-state index is 12.2. The average molecular weight is 234 g/mol. The van der Waals surface area contributed by atoms with E-state index in [-0.39, 0.29) is 12.0 Å². The largest absolute Gasteiger partial charge is 0.405 e. The highest BCUT2D eigenvalue weighted by Crippen LogP contribution is 2.48. The molecule has 2 nitrogen and oxygen atoms in total. The van der Waals surface area contributed by atoms with E-state index in [0.717, 1.165) is 25.7 Å². The Balaban J connectivity index is 2.27. The molecule has 0 radical (unpaired) electrons. The third-order valence-corrected chi connectivity index (χ3v) is 3.14. The van der Waals surface area contributed by atoms with Crippen molar-refractivity contribution in [1.29, 1.82) is 5.26 Å². The molecule has 0 aromatic carbocycles. The zero-order valence-corrected chi connectivity index (χ0v) is 9.40. The summed E-state index contributed by atoms with van der Waals surface area (Å²) < 4.78 is 36.7. The van der Waals surface area contributed by atoms with Crippen molar-refractivity contribution >= 4 is 0 Å². The number of nitrogens with one attached hydrogen (secondary N) is 1. The van der Waals surface area contributed by atoms with Gasteiger partial charge in [-0.3, -0.25) is 0 Å². The minimum Gasteiger partial charge on any atom is -0.315 e. The van der Waals surface area contributed by atoms with Crippen molar-refractivity contribution < 1.29 is 13.2 Å². The van der Waals surface area contributed by atoms with Gasteiger partial charge in [-0.1, -0.05) is 13.3 Å². The monoisotopic (exact) mass is 234 g/mol. The first kappa shape index (κ1) is 13.3. The maximum absolute atomic E-state index is 12.2. The Bertz CT molecular complexity index is 263. The van der Waals surface area contributed by atoms with Gasteiger partial charge in [-0.25, -0.2) is 0 Å². The van der Waals surface area contributed by atoms with Crippen LogP contribution in [0.25, 0.3) is 0 Å². The van der Waals surface area contributed by atoms with Crippen LogP contribution in [0.4, 0.5) is 13.2 Å². The van der Waals surface area contributed by atoms with Crippen LogP contribution in [0.15, 0.2) is 0 Å². The summed E-state index contributed by atoms with van der Waals surface area (Å²) in [7, 11) is 0. The van der Waals surface area contributed by atoms with E-state index in [1.54, 1.807) is 0 Å². The van der Waals surface area contributed by atoms with Crippen molar-refractivity contribution in [1.82, 2.24) is 5.32 Å². The quantitative estimate of drug-likeness (QED) is 0.767. The number of rotatable bonds is 6. The van der Waals surface area contributed by atoms with Gasteiger partial charge in [0.25, 0.3) is 0 Å². The summed E-state index contributed by atoms with van der Waals surface area (Å²) in [6.07, 6.45) is -0.108. The second-order valence-electron chi connectivity index (χ2n) is 4.60. The Labute approximate surface area is 93.8 Å². The smallest absolute Gasteiger partial charge is 0.315 e. The van der Waals surface area contributed by atoms with Gasteiger partial charge in [0.1, 0.15) is 0 Å². The second-order valence-corrected chi connectivity index (χ2v) is 4.60. The fourth-order valence-electron chi connectivity index (χ4n) is 1.94. The zero-order valence-electron chi connectivity index (χ0n) is 9.40. The highest BCUT2D eigenvalue weighted by atomic mass is 19.4. The first-order valence-electron chi connectivity index (χ1n) is 5.60. The molecular formula is C11H17F3N2. The summed E-state index contributed by atoms with van der Waals surface area (Å²) in [4.78, 5) is 0. The van der Waals surface area contributed by atoms with Crippen LogP contribution in [0.5, 0.6) is 0 Å². The number of hydrogen-bond acceptors (Lipinski definition) is 2. The third-order valence-electron chi connectivity index (χ3n) is 3.14. The van der Waals surface area contributed by atoms with E-state index in [2.05, 4.69) is 12.2 Å². The van der Waals surface area contributed by atoms with E-state index in [1.807, 2.05) is 0 Å². The van der Waals surface area contributed by atoms with Crippen molar-refractivity contribution in [3.05, 3.63) is 0 Å². The highest BCUT2D eigenvalue weighted by Gasteiger charge is 2.43.